The molecule has 0 radical (unpaired) electrons. The van der Waals surface area contributed by atoms with Crippen LogP contribution in [-0.4, -0.2) is 49.2 Å². The summed E-state index contributed by atoms with van der Waals surface area (Å²) < 4.78 is 5.29. The van der Waals surface area contributed by atoms with Gasteiger partial charge in [0.1, 0.15) is 11.6 Å². The van der Waals surface area contributed by atoms with Crippen molar-refractivity contribution in [3.8, 4) is 17.1 Å². The number of benzene rings is 1. The summed E-state index contributed by atoms with van der Waals surface area (Å²) in [6.07, 6.45) is 5.54. The second-order valence-corrected chi connectivity index (χ2v) is 9.98. The molecule has 2 atom stereocenters. The van der Waals surface area contributed by atoms with Crippen LogP contribution in [-0.2, 0) is 6.54 Å². The van der Waals surface area contributed by atoms with Crippen LogP contribution in [0.1, 0.15) is 47.8 Å². The third kappa shape index (κ3) is 4.56. The Labute approximate surface area is 211 Å². The number of hydrogen-bond donors (Lipinski definition) is 2. The first-order chi connectivity index (χ1) is 17.5. The molecular weight excluding hydrogens is 450 g/mol. The lowest BCUT2D eigenvalue weighted by atomic mass is 9.72. The minimum absolute atomic E-state index is 0.508. The van der Waals surface area contributed by atoms with Gasteiger partial charge in [0.15, 0.2) is 11.6 Å². The number of rotatable bonds is 7. The van der Waals surface area contributed by atoms with Gasteiger partial charge in [-0.3, -0.25) is 15.0 Å². The minimum Gasteiger partial charge on any atom is -0.497 e. The molecule has 2 saturated heterocycles. The number of ether oxygens (including phenoxy) is 1. The van der Waals surface area contributed by atoms with Gasteiger partial charge in [-0.2, -0.15) is 5.10 Å². The zero-order valence-corrected chi connectivity index (χ0v) is 20.9. The molecule has 4 aromatic rings. The molecule has 3 fully saturated rings. The third-order valence-corrected chi connectivity index (χ3v) is 7.40. The maximum atomic E-state index is 5.29. The van der Waals surface area contributed by atoms with Gasteiger partial charge in [-0.25, -0.2) is 9.97 Å². The van der Waals surface area contributed by atoms with Crippen LogP contribution in [0.2, 0.25) is 0 Å². The van der Waals surface area contributed by atoms with E-state index in [1.807, 2.05) is 44.3 Å². The third-order valence-electron chi connectivity index (χ3n) is 7.40. The number of aryl methyl sites for hydroxylation is 2. The van der Waals surface area contributed by atoms with Gasteiger partial charge in [-0.1, -0.05) is 12.1 Å². The molecule has 8 heteroatoms. The normalized spacial score (nSPS) is 21.1. The number of fused-ring (bicyclic) bond motifs is 2. The summed E-state index contributed by atoms with van der Waals surface area (Å²) in [4.78, 5) is 16.9. The van der Waals surface area contributed by atoms with E-state index in [0.717, 1.165) is 53.7 Å². The van der Waals surface area contributed by atoms with Crippen LogP contribution >= 0.6 is 0 Å². The molecule has 1 saturated carbocycles. The summed E-state index contributed by atoms with van der Waals surface area (Å²) in [5.41, 5.74) is 5.33. The average molecular weight is 482 g/mol. The zero-order valence-electron chi connectivity index (χ0n) is 20.9. The molecule has 2 unspecified atom stereocenters. The van der Waals surface area contributed by atoms with Crippen LogP contribution in [0.25, 0.3) is 11.4 Å². The van der Waals surface area contributed by atoms with Gasteiger partial charge in [-0.15, -0.1) is 0 Å². The van der Waals surface area contributed by atoms with Crippen LogP contribution in [0.15, 0.2) is 54.7 Å². The average Bonchev–Trinajstić information content (AvgIpc) is 3.31. The van der Waals surface area contributed by atoms with Crippen molar-refractivity contribution in [2.75, 3.05) is 12.4 Å². The highest BCUT2D eigenvalue weighted by Gasteiger charge is 2.45. The van der Waals surface area contributed by atoms with E-state index in [9.17, 15) is 0 Å². The van der Waals surface area contributed by atoms with Crippen molar-refractivity contribution in [2.45, 2.75) is 57.7 Å². The lowest BCUT2D eigenvalue weighted by Crippen LogP contribution is -2.59. The standard InChI is InChI=1S/C28H31N7O/c1-17-10-26(31-27-11-18(2)33-34-27)32-28(30-17)20-6-9-25(29-15-20)21-12-22-14-23(13-21)35(22)16-19-4-7-24(36-3)8-5-19/h4-11,15,21-23H,12-14,16H2,1-3H3,(H2,30,31,32,33,34). The van der Waals surface area contributed by atoms with Crippen LogP contribution < -0.4 is 10.1 Å². The molecule has 3 aliphatic rings. The maximum absolute atomic E-state index is 5.29. The fourth-order valence-corrected chi connectivity index (χ4v) is 5.56. The summed E-state index contributed by atoms with van der Waals surface area (Å²) in [6.45, 7) is 4.95. The van der Waals surface area contributed by atoms with Gasteiger partial charge in [0.25, 0.3) is 0 Å². The molecular formula is C28H31N7O. The highest BCUT2D eigenvalue weighted by molar-refractivity contribution is 5.59. The quantitative estimate of drug-likeness (QED) is 0.377. The molecule has 2 N–H and O–H groups in total. The number of aromatic amines is 1. The highest BCUT2D eigenvalue weighted by atomic mass is 16.5. The molecule has 5 heterocycles. The number of methoxy groups -OCH3 is 1. The smallest absolute Gasteiger partial charge is 0.163 e. The molecule has 7 rings (SSSR count). The van der Waals surface area contributed by atoms with E-state index in [1.165, 1.54) is 17.7 Å². The van der Waals surface area contributed by atoms with Gasteiger partial charge in [-0.05, 0) is 62.9 Å². The predicted molar refractivity (Wildman–Crippen MR) is 139 cm³/mol. The molecule has 0 amide bonds. The maximum Gasteiger partial charge on any atom is 0.163 e. The van der Waals surface area contributed by atoms with E-state index in [4.69, 9.17) is 14.7 Å². The van der Waals surface area contributed by atoms with E-state index in [0.29, 0.717) is 23.8 Å². The lowest BCUT2D eigenvalue weighted by Gasteiger charge is -2.55. The Morgan fingerprint density at radius 1 is 0.972 bits per heavy atom. The van der Waals surface area contributed by atoms with Crippen LogP contribution in [0, 0.1) is 13.8 Å². The van der Waals surface area contributed by atoms with E-state index in [1.54, 1.807) is 7.11 Å². The van der Waals surface area contributed by atoms with E-state index >= 15 is 0 Å². The topological polar surface area (TPSA) is 91.8 Å². The van der Waals surface area contributed by atoms with Gasteiger partial charge in [0, 0.05) is 65.5 Å². The molecule has 36 heavy (non-hydrogen) atoms. The van der Waals surface area contributed by atoms with Gasteiger partial charge < -0.3 is 10.1 Å². The Morgan fingerprint density at radius 2 is 1.78 bits per heavy atom. The molecule has 8 nitrogen and oxygen atoms in total. The van der Waals surface area contributed by atoms with E-state index < -0.39 is 0 Å². The largest absolute Gasteiger partial charge is 0.497 e. The minimum atomic E-state index is 0.508. The SMILES string of the molecule is COc1ccc(CN2C3CC(c4ccc(-c5nc(C)cc(Nc6cc(C)[nH]n6)n5)cn4)CC2C3)cc1. The second-order valence-electron chi connectivity index (χ2n) is 9.98. The number of piperidine rings is 1. The van der Waals surface area contributed by atoms with E-state index in [-0.39, 0.29) is 0 Å². The van der Waals surface area contributed by atoms with Gasteiger partial charge in [0.05, 0.1) is 7.11 Å². The Hall–Kier alpha value is -3.78. The first-order valence-electron chi connectivity index (χ1n) is 12.5. The Balaban J connectivity index is 1.11. The van der Waals surface area contributed by atoms with Crippen molar-refractivity contribution in [3.63, 3.8) is 0 Å². The summed E-state index contributed by atoms with van der Waals surface area (Å²) in [6, 6.07) is 17.9. The first-order valence-corrected chi connectivity index (χ1v) is 12.5. The van der Waals surface area contributed by atoms with Crippen molar-refractivity contribution in [1.29, 1.82) is 0 Å². The Morgan fingerprint density at radius 3 is 2.44 bits per heavy atom. The number of pyridine rings is 1. The molecule has 2 bridgehead atoms. The van der Waals surface area contributed by atoms with Crippen LogP contribution in [0.3, 0.4) is 0 Å². The van der Waals surface area contributed by atoms with Crippen molar-refractivity contribution >= 4 is 11.6 Å². The molecule has 184 valence electrons. The molecule has 3 aromatic heterocycles. The molecule has 0 spiro atoms. The Kier molecular flexibility index (Phi) is 5.89. The lowest BCUT2D eigenvalue weighted by molar-refractivity contribution is -0.0441. The summed E-state index contributed by atoms with van der Waals surface area (Å²) in [7, 11) is 1.71. The van der Waals surface area contributed by atoms with Gasteiger partial charge in [0.2, 0.25) is 0 Å². The molecule has 1 aliphatic carbocycles. The Bertz CT molecular complexity index is 1340. The van der Waals surface area contributed by atoms with Crippen LogP contribution in [0.5, 0.6) is 5.75 Å². The summed E-state index contributed by atoms with van der Waals surface area (Å²) in [5.74, 6) is 3.54. The number of nitrogens with zero attached hydrogens (tertiary/aromatic N) is 5. The van der Waals surface area contributed by atoms with Crippen LogP contribution in [0.4, 0.5) is 11.6 Å². The number of anilines is 2. The summed E-state index contributed by atoms with van der Waals surface area (Å²) >= 11 is 0. The van der Waals surface area contributed by atoms with Gasteiger partial charge >= 0.3 is 0 Å². The predicted octanol–water partition coefficient (Wildman–Crippen LogP) is 5.15. The number of aromatic nitrogens is 5. The zero-order chi connectivity index (χ0) is 24.6. The van der Waals surface area contributed by atoms with Crippen molar-refractivity contribution in [2.24, 2.45) is 0 Å². The highest BCUT2D eigenvalue weighted by Crippen LogP contribution is 2.45. The second kappa shape index (κ2) is 9.35. The molecule has 2 aliphatic heterocycles. The first kappa shape index (κ1) is 22.7. The van der Waals surface area contributed by atoms with Crippen molar-refractivity contribution in [3.05, 3.63) is 77.4 Å². The number of H-pyrrole nitrogens is 1. The van der Waals surface area contributed by atoms with Crippen molar-refractivity contribution < 1.29 is 4.74 Å². The number of hydrogen-bond acceptors (Lipinski definition) is 7. The molecule has 1 aromatic carbocycles. The fourth-order valence-electron chi connectivity index (χ4n) is 5.56. The monoisotopic (exact) mass is 481 g/mol. The number of nitrogens with one attached hydrogen (secondary N) is 2. The summed E-state index contributed by atoms with van der Waals surface area (Å²) in [5, 5.41) is 10.4. The fraction of sp³-hybridized carbons (Fsp3) is 0.357. The van der Waals surface area contributed by atoms with Crippen molar-refractivity contribution in [1.82, 2.24) is 30.0 Å². The van der Waals surface area contributed by atoms with E-state index in [2.05, 4.69) is 49.7 Å².